The SMILES string of the molecule is CC(=O)O[C@H]1CC[C@@](C)(CO)[C@@H]2CC=C3C[C@@H](C(C)C)C(=O)C=C3[C@@]12C. The first-order chi connectivity index (χ1) is 12.1. The van der Waals surface area contributed by atoms with Crippen LogP contribution >= 0.6 is 0 Å². The van der Waals surface area contributed by atoms with Crippen molar-refractivity contribution in [3.63, 3.8) is 0 Å². The number of hydrogen-bond acceptors (Lipinski definition) is 4. The summed E-state index contributed by atoms with van der Waals surface area (Å²) in [6.45, 7) is 10.0. The van der Waals surface area contributed by atoms with Crippen LogP contribution in [0.2, 0.25) is 0 Å². The average molecular weight is 360 g/mol. The molecule has 144 valence electrons. The second-order valence-electron chi connectivity index (χ2n) is 9.26. The van der Waals surface area contributed by atoms with Gasteiger partial charge in [-0.2, -0.15) is 0 Å². The highest BCUT2D eigenvalue weighted by molar-refractivity contribution is 5.95. The lowest BCUT2D eigenvalue weighted by Crippen LogP contribution is -2.56. The van der Waals surface area contributed by atoms with Crippen LogP contribution in [0.1, 0.15) is 60.3 Å². The maximum Gasteiger partial charge on any atom is 0.302 e. The fourth-order valence-electron chi connectivity index (χ4n) is 5.65. The zero-order chi connectivity index (χ0) is 19.3. The Balaban J connectivity index is 2.10. The molecule has 0 amide bonds. The van der Waals surface area contributed by atoms with Crippen molar-refractivity contribution in [3.8, 4) is 0 Å². The Morgan fingerprint density at radius 1 is 1.38 bits per heavy atom. The smallest absolute Gasteiger partial charge is 0.302 e. The van der Waals surface area contributed by atoms with Gasteiger partial charge < -0.3 is 9.84 Å². The Morgan fingerprint density at radius 3 is 2.65 bits per heavy atom. The molecule has 0 spiro atoms. The van der Waals surface area contributed by atoms with Crippen molar-refractivity contribution in [2.45, 2.75) is 66.4 Å². The van der Waals surface area contributed by atoms with Crippen LogP contribution in [-0.2, 0) is 14.3 Å². The highest BCUT2D eigenvalue weighted by atomic mass is 16.5. The number of aliphatic hydroxyl groups excluding tert-OH is 1. The summed E-state index contributed by atoms with van der Waals surface area (Å²) in [5.74, 6) is 0.403. The van der Waals surface area contributed by atoms with Crippen LogP contribution < -0.4 is 0 Å². The van der Waals surface area contributed by atoms with Crippen molar-refractivity contribution in [3.05, 3.63) is 23.3 Å². The van der Waals surface area contributed by atoms with Crippen LogP contribution in [0.25, 0.3) is 0 Å². The number of ketones is 1. The number of hydrogen-bond donors (Lipinski definition) is 1. The van der Waals surface area contributed by atoms with Gasteiger partial charge in [-0.1, -0.05) is 33.8 Å². The largest absolute Gasteiger partial charge is 0.462 e. The molecule has 26 heavy (non-hydrogen) atoms. The predicted octanol–water partition coefficient (Wildman–Crippen LogP) is 3.83. The van der Waals surface area contributed by atoms with Gasteiger partial charge in [0.25, 0.3) is 0 Å². The molecule has 0 bridgehead atoms. The van der Waals surface area contributed by atoms with E-state index in [1.165, 1.54) is 12.5 Å². The summed E-state index contributed by atoms with van der Waals surface area (Å²) in [6, 6.07) is 0. The molecule has 1 fully saturated rings. The third-order valence-corrected chi connectivity index (χ3v) is 7.30. The van der Waals surface area contributed by atoms with Gasteiger partial charge in [-0.15, -0.1) is 0 Å². The van der Waals surface area contributed by atoms with Crippen molar-refractivity contribution in [2.75, 3.05) is 6.61 Å². The maximum atomic E-state index is 12.8. The second-order valence-corrected chi connectivity index (χ2v) is 9.26. The van der Waals surface area contributed by atoms with E-state index in [0.29, 0.717) is 5.92 Å². The van der Waals surface area contributed by atoms with Gasteiger partial charge in [-0.05, 0) is 60.2 Å². The molecule has 0 unspecified atom stereocenters. The zero-order valence-corrected chi connectivity index (χ0v) is 16.7. The van der Waals surface area contributed by atoms with E-state index in [1.807, 2.05) is 6.08 Å². The van der Waals surface area contributed by atoms with Crippen LogP contribution in [-0.4, -0.2) is 29.6 Å². The van der Waals surface area contributed by atoms with Gasteiger partial charge in [-0.25, -0.2) is 0 Å². The number of allylic oxidation sites excluding steroid dienone is 3. The molecule has 4 heteroatoms. The molecule has 0 aromatic heterocycles. The van der Waals surface area contributed by atoms with Gasteiger partial charge in [0.2, 0.25) is 0 Å². The second kappa shape index (κ2) is 6.63. The number of fused-ring (bicyclic) bond motifs is 3. The fraction of sp³-hybridized carbons (Fsp3) is 0.727. The number of carbonyl (C=O) groups excluding carboxylic acids is 2. The lowest BCUT2D eigenvalue weighted by molar-refractivity contribution is -0.167. The molecule has 0 heterocycles. The Hall–Kier alpha value is -1.42. The summed E-state index contributed by atoms with van der Waals surface area (Å²) < 4.78 is 5.76. The molecule has 3 aliphatic rings. The summed E-state index contributed by atoms with van der Waals surface area (Å²) >= 11 is 0. The van der Waals surface area contributed by atoms with Crippen LogP contribution in [0.3, 0.4) is 0 Å². The first-order valence-corrected chi connectivity index (χ1v) is 9.87. The highest BCUT2D eigenvalue weighted by Gasteiger charge is 2.58. The van der Waals surface area contributed by atoms with Gasteiger partial charge in [0.1, 0.15) is 6.10 Å². The molecule has 0 radical (unpaired) electrons. The molecule has 4 nitrogen and oxygen atoms in total. The van der Waals surface area contributed by atoms with Crippen molar-refractivity contribution >= 4 is 11.8 Å². The molecule has 0 aliphatic heterocycles. The van der Waals surface area contributed by atoms with Gasteiger partial charge in [0.15, 0.2) is 5.78 Å². The summed E-state index contributed by atoms with van der Waals surface area (Å²) in [6.07, 6.45) is 7.01. The van der Waals surface area contributed by atoms with E-state index >= 15 is 0 Å². The van der Waals surface area contributed by atoms with E-state index in [2.05, 4.69) is 33.8 Å². The molecule has 5 atom stereocenters. The minimum atomic E-state index is -0.427. The third-order valence-electron chi connectivity index (χ3n) is 7.30. The maximum absolute atomic E-state index is 12.8. The number of rotatable bonds is 3. The number of aliphatic hydroxyl groups is 1. The normalized spacial score (nSPS) is 39.7. The zero-order valence-electron chi connectivity index (χ0n) is 16.7. The summed E-state index contributed by atoms with van der Waals surface area (Å²) in [5.41, 5.74) is 1.62. The quantitative estimate of drug-likeness (QED) is 0.777. The van der Waals surface area contributed by atoms with Crippen molar-refractivity contribution in [2.24, 2.45) is 28.6 Å². The van der Waals surface area contributed by atoms with E-state index in [4.69, 9.17) is 4.74 Å². The summed E-state index contributed by atoms with van der Waals surface area (Å²) in [7, 11) is 0. The van der Waals surface area contributed by atoms with Crippen molar-refractivity contribution < 1.29 is 19.4 Å². The Bertz CT molecular complexity index is 674. The van der Waals surface area contributed by atoms with E-state index < -0.39 is 5.41 Å². The van der Waals surface area contributed by atoms with E-state index in [0.717, 1.165) is 31.3 Å². The van der Waals surface area contributed by atoms with E-state index in [-0.39, 0.29) is 41.7 Å². The molecular formula is C22H32O4. The molecule has 1 saturated carbocycles. The van der Waals surface area contributed by atoms with Gasteiger partial charge in [0.05, 0.1) is 0 Å². The van der Waals surface area contributed by atoms with Crippen LogP contribution in [0.15, 0.2) is 23.3 Å². The number of esters is 1. The molecule has 3 rings (SSSR count). The van der Waals surface area contributed by atoms with Crippen LogP contribution in [0, 0.1) is 28.6 Å². The first kappa shape index (κ1) is 19.3. The predicted molar refractivity (Wildman–Crippen MR) is 100 cm³/mol. The van der Waals surface area contributed by atoms with Crippen molar-refractivity contribution in [1.29, 1.82) is 0 Å². The average Bonchev–Trinajstić information content (AvgIpc) is 2.57. The fourth-order valence-corrected chi connectivity index (χ4v) is 5.65. The monoisotopic (exact) mass is 360 g/mol. The highest BCUT2D eigenvalue weighted by Crippen LogP contribution is 2.61. The Kier molecular flexibility index (Phi) is 4.93. The molecular weight excluding hydrogens is 328 g/mol. The van der Waals surface area contributed by atoms with Gasteiger partial charge in [-0.3, -0.25) is 9.59 Å². The first-order valence-electron chi connectivity index (χ1n) is 9.87. The summed E-state index contributed by atoms with van der Waals surface area (Å²) in [5, 5.41) is 10.1. The Labute approximate surface area is 156 Å². The standard InChI is InChI=1S/C22H32O4/c1-13(2)16-10-15-6-7-19-21(4,12-23)9-8-20(26-14(3)24)22(19,5)17(15)11-18(16)25/h6,11,13,16,19-20,23H,7-10,12H2,1-5H3/t16-,19-,20-,21-,22+/m0/s1. The molecule has 0 aromatic carbocycles. The van der Waals surface area contributed by atoms with Crippen LogP contribution in [0.5, 0.6) is 0 Å². The summed E-state index contributed by atoms with van der Waals surface area (Å²) in [4.78, 5) is 24.6. The third kappa shape index (κ3) is 2.87. The number of carbonyl (C=O) groups is 2. The van der Waals surface area contributed by atoms with Crippen LogP contribution in [0.4, 0.5) is 0 Å². The molecule has 0 aromatic rings. The van der Waals surface area contributed by atoms with Crippen molar-refractivity contribution in [1.82, 2.24) is 0 Å². The number of ether oxygens (including phenoxy) is 1. The Morgan fingerprint density at radius 2 is 2.08 bits per heavy atom. The topological polar surface area (TPSA) is 63.6 Å². The van der Waals surface area contributed by atoms with E-state index in [9.17, 15) is 14.7 Å². The van der Waals surface area contributed by atoms with E-state index in [1.54, 1.807) is 0 Å². The molecule has 0 saturated heterocycles. The lowest BCUT2D eigenvalue weighted by Gasteiger charge is -2.58. The molecule has 1 N–H and O–H groups in total. The lowest BCUT2D eigenvalue weighted by atomic mass is 9.48. The van der Waals surface area contributed by atoms with Gasteiger partial charge in [0, 0.05) is 24.9 Å². The van der Waals surface area contributed by atoms with Gasteiger partial charge >= 0.3 is 5.97 Å². The molecule has 3 aliphatic carbocycles. The minimum absolute atomic E-state index is 0.0325. The minimum Gasteiger partial charge on any atom is -0.462 e.